The van der Waals surface area contributed by atoms with Crippen molar-refractivity contribution in [3.63, 3.8) is 0 Å². The quantitative estimate of drug-likeness (QED) is 0.634. The topological polar surface area (TPSA) is 71.8 Å². The first-order chi connectivity index (χ1) is 4.29. The van der Waals surface area contributed by atoms with Gasteiger partial charge in [0.1, 0.15) is 0 Å². The first-order valence-electron chi connectivity index (χ1n) is 2.55. The van der Waals surface area contributed by atoms with Crippen molar-refractivity contribution >= 4 is 18.3 Å². The van der Waals surface area contributed by atoms with E-state index in [0.29, 0.717) is 5.69 Å². The normalized spacial score (nSPS) is 8.40. The predicted octanol–water partition coefficient (Wildman–Crippen LogP) is -0.141. The van der Waals surface area contributed by atoms with E-state index in [-0.39, 0.29) is 24.7 Å². The minimum absolute atomic E-state index is 0. The maximum atomic E-state index is 10.2. The Morgan fingerprint density at radius 3 is 2.90 bits per heavy atom. The number of hydrogen-bond acceptors (Lipinski definition) is 2. The Labute approximate surface area is 64.2 Å². The monoisotopic (exact) mass is 161 g/mol. The molecule has 0 unspecified atom stereocenters. The molecule has 1 rings (SSSR count). The van der Waals surface area contributed by atoms with Gasteiger partial charge in [0.25, 0.3) is 0 Å². The minimum atomic E-state index is -0.359. The molecule has 56 valence electrons. The van der Waals surface area contributed by atoms with Crippen LogP contribution in [0.2, 0.25) is 0 Å². The van der Waals surface area contributed by atoms with E-state index in [1.54, 1.807) is 6.20 Å². The van der Waals surface area contributed by atoms with Gasteiger partial charge in [0.05, 0.1) is 18.4 Å². The highest BCUT2D eigenvalue weighted by atomic mass is 35.5. The van der Waals surface area contributed by atoms with E-state index in [0.717, 1.165) is 0 Å². The van der Waals surface area contributed by atoms with Crippen molar-refractivity contribution in [1.82, 2.24) is 9.97 Å². The van der Waals surface area contributed by atoms with E-state index in [1.807, 2.05) is 0 Å². The smallest absolute Gasteiger partial charge is 0.223 e. The average Bonchev–Trinajstić information content (AvgIpc) is 2.15. The summed E-state index contributed by atoms with van der Waals surface area (Å²) < 4.78 is 0. The minimum Gasteiger partial charge on any atom is -0.369 e. The lowest BCUT2D eigenvalue weighted by atomic mass is 10.3. The summed E-state index contributed by atoms with van der Waals surface area (Å²) in [6.07, 6.45) is 3.37. The van der Waals surface area contributed by atoms with Gasteiger partial charge in [0.2, 0.25) is 5.91 Å². The molecule has 0 aliphatic carbocycles. The van der Waals surface area contributed by atoms with Gasteiger partial charge in [0.15, 0.2) is 0 Å². The van der Waals surface area contributed by atoms with Gasteiger partial charge in [0, 0.05) is 6.20 Å². The van der Waals surface area contributed by atoms with Gasteiger partial charge < -0.3 is 10.7 Å². The molecule has 0 saturated carbocycles. The van der Waals surface area contributed by atoms with Crippen LogP contribution in [0, 0.1) is 0 Å². The second kappa shape index (κ2) is 3.90. The molecule has 1 aromatic rings. The molecule has 0 fully saturated rings. The first-order valence-corrected chi connectivity index (χ1v) is 2.55. The number of H-pyrrole nitrogens is 1. The van der Waals surface area contributed by atoms with E-state index in [1.165, 1.54) is 6.33 Å². The molecule has 4 nitrogen and oxygen atoms in total. The number of carbonyl (C=O) groups excluding carboxylic acids is 1. The van der Waals surface area contributed by atoms with Gasteiger partial charge in [-0.1, -0.05) is 0 Å². The fourth-order valence-corrected chi connectivity index (χ4v) is 0.566. The Bertz CT molecular complexity index is 197. The highest BCUT2D eigenvalue weighted by molar-refractivity contribution is 5.85. The average molecular weight is 162 g/mol. The number of amides is 1. The first kappa shape index (κ1) is 8.97. The van der Waals surface area contributed by atoms with Crippen LogP contribution in [0.4, 0.5) is 0 Å². The molecule has 1 amide bonds. The van der Waals surface area contributed by atoms with Crippen LogP contribution in [0.1, 0.15) is 5.69 Å². The highest BCUT2D eigenvalue weighted by Crippen LogP contribution is 1.89. The number of carbonyl (C=O) groups is 1. The van der Waals surface area contributed by atoms with E-state index in [9.17, 15) is 4.79 Å². The number of nitrogens with zero attached hydrogens (tertiary/aromatic N) is 1. The Morgan fingerprint density at radius 2 is 2.50 bits per heavy atom. The molecular formula is C5H8ClN3O. The number of halogens is 1. The summed E-state index contributed by atoms with van der Waals surface area (Å²) in [7, 11) is 0. The van der Waals surface area contributed by atoms with Crippen molar-refractivity contribution in [2.75, 3.05) is 0 Å². The van der Waals surface area contributed by atoms with Crippen molar-refractivity contribution in [3.05, 3.63) is 18.2 Å². The van der Waals surface area contributed by atoms with Crippen molar-refractivity contribution in [2.45, 2.75) is 6.42 Å². The van der Waals surface area contributed by atoms with Crippen LogP contribution < -0.4 is 5.73 Å². The summed E-state index contributed by atoms with van der Waals surface area (Å²) in [4.78, 5) is 16.8. The van der Waals surface area contributed by atoms with Gasteiger partial charge in [-0.15, -0.1) is 12.4 Å². The van der Waals surface area contributed by atoms with Crippen LogP contribution in [-0.4, -0.2) is 15.9 Å². The van der Waals surface area contributed by atoms with Crippen LogP contribution in [0.3, 0.4) is 0 Å². The van der Waals surface area contributed by atoms with E-state index in [4.69, 9.17) is 5.73 Å². The Kier molecular flexibility index (Phi) is 3.49. The highest BCUT2D eigenvalue weighted by Gasteiger charge is 1.97. The largest absolute Gasteiger partial charge is 0.369 e. The molecule has 0 spiro atoms. The van der Waals surface area contributed by atoms with Crippen LogP contribution in [0.5, 0.6) is 0 Å². The van der Waals surface area contributed by atoms with Crippen LogP contribution in [-0.2, 0) is 11.2 Å². The second-order valence-electron chi connectivity index (χ2n) is 1.70. The Hall–Kier alpha value is -1.03. The maximum absolute atomic E-state index is 10.2. The van der Waals surface area contributed by atoms with E-state index < -0.39 is 0 Å². The fraction of sp³-hybridized carbons (Fsp3) is 0.200. The number of imidazole rings is 1. The van der Waals surface area contributed by atoms with E-state index >= 15 is 0 Å². The molecule has 10 heavy (non-hydrogen) atoms. The Morgan fingerprint density at radius 1 is 1.80 bits per heavy atom. The number of hydrogen-bond donors (Lipinski definition) is 2. The Balaban J connectivity index is 0.000000810. The second-order valence-corrected chi connectivity index (χ2v) is 1.70. The van der Waals surface area contributed by atoms with Crippen LogP contribution >= 0.6 is 12.4 Å². The summed E-state index contributed by atoms with van der Waals surface area (Å²) in [6, 6.07) is 0. The molecular weight excluding hydrogens is 154 g/mol. The van der Waals surface area contributed by atoms with Gasteiger partial charge >= 0.3 is 0 Å². The predicted molar refractivity (Wildman–Crippen MR) is 38.7 cm³/mol. The molecule has 0 saturated heterocycles. The van der Waals surface area contributed by atoms with Crippen LogP contribution in [0.25, 0.3) is 0 Å². The molecule has 0 radical (unpaired) electrons. The molecule has 5 heteroatoms. The summed E-state index contributed by atoms with van der Waals surface area (Å²) in [5.41, 5.74) is 5.57. The van der Waals surface area contributed by atoms with E-state index in [2.05, 4.69) is 9.97 Å². The van der Waals surface area contributed by atoms with Crippen molar-refractivity contribution in [2.24, 2.45) is 5.73 Å². The molecule has 0 aliphatic heterocycles. The zero-order valence-corrected chi connectivity index (χ0v) is 6.02. The van der Waals surface area contributed by atoms with Gasteiger partial charge in [-0.3, -0.25) is 4.79 Å². The standard InChI is InChI=1S/C5H7N3O.ClH/c6-5(9)1-4-2-7-3-8-4;/h2-3H,1H2,(H2,6,9)(H,7,8);1H. The summed E-state index contributed by atoms with van der Waals surface area (Å²) in [5, 5.41) is 0. The summed E-state index contributed by atoms with van der Waals surface area (Å²) in [6.45, 7) is 0. The van der Waals surface area contributed by atoms with Crippen molar-refractivity contribution in [1.29, 1.82) is 0 Å². The molecule has 3 N–H and O–H groups in total. The number of aromatic amines is 1. The third-order valence-electron chi connectivity index (χ3n) is 0.910. The molecule has 0 aromatic carbocycles. The number of rotatable bonds is 2. The van der Waals surface area contributed by atoms with Gasteiger partial charge in [-0.05, 0) is 0 Å². The third kappa shape index (κ3) is 2.50. The number of nitrogens with one attached hydrogen (secondary N) is 1. The van der Waals surface area contributed by atoms with Crippen molar-refractivity contribution in [3.8, 4) is 0 Å². The summed E-state index contributed by atoms with van der Waals surface area (Å²) in [5.74, 6) is -0.359. The fourth-order valence-electron chi connectivity index (χ4n) is 0.566. The number of aromatic nitrogens is 2. The lowest BCUT2D eigenvalue weighted by Gasteiger charge is -1.85. The number of nitrogens with two attached hydrogens (primary N) is 1. The molecule has 1 aromatic heterocycles. The summed E-state index contributed by atoms with van der Waals surface area (Å²) >= 11 is 0. The molecule has 0 aliphatic rings. The molecule has 1 heterocycles. The maximum Gasteiger partial charge on any atom is 0.223 e. The molecule has 0 bridgehead atoms. The third-order valence-corrected chi connectivity index (χ3v) is 0.910. The van der Waals surface area contributed by atoms with Crippen LogP contribution in [0.15, 0.2) is 12.5 Å². The SMILES string of the molecule is Cl.NC(=O)Cc1c[nH]cn1. The van der Waals surface area contributed by atoms with Gasteiger partial charge in [-0.2, -0.15) is 0 Å². The lowest BCUT2D eigenvalue weighted by Crippen LogP contribution is -2.13. The molecule has 0 atom stereocenters. The lowest BCUT2D eigenvalue weighted by molar-refractivity contribution is -0.117. The number of primary amides is 1. The van der Waals surface area contributed by atoms with Gasteiger partial charge in [-0.25, -0.2) is 4.98 Å². The van der Waals surface area contributed by atoms with Crippen molar-refractivity contribution < 1.29 is 4.79 Å². The zero-order valence-electron chi connectivity index (χ0n) is 5.20. The zero-order chi connectivity index (χ0) is 6.69.